The molecule has 0 aromatic heterocycles. The number of ether oxygens (including phenoxy) is 7. The van der Waals surface area contributed by atoms with Crippen molar-refractivity contribution in [3.63, 3.8) is 0 Å². The third kappa shape index (κ3) is 10.2. The number of carbonyl (C=O) groups excluding carboxylic acids is 2. The first-order valence-electron chi connectivity index (χ1n) is 13.4. The van der Waals surface area contributed by atoms with E-state index in [1.807, 2.05) is 0 Å². The molecular weight excluding hydrogens is 536 g/mol. The van der Waals surface area contributed by atoms with Gasteiger partial charge in [-0.2, -0.15) is 0 Å². The number of methoxy groups -OCH3 is 2. The molecule has 2 rings (SSSR count). The summed E-state index contributed by atoms with van der Waals surface area (Å²) in [4.78, 5) is 25.5. The zero-order valence-electron chi connectivity index (χ0n) is 25.5. The van der Waals surface area contributed by atoms with Gasteiger partial charge in [-0.1, -0.05) is 31.8 Å². The molecule has 40 heavy (non-hydrogen) atoms. The van der Waals surface area contributed by atoms with Crippen LogP contribution in [0.3, 0.4) is 0 Å². The molecule has 0 bridgehead atoms. The summed E-state index contributed by atoms with van der Waals surface area (Å²) in [5.74, 6) is -1.29. The van der Waals surface area contributed by atoms with Gasteiger partial charge in [-0.05, 0) is 52.3 Å². The Bertz CT molecular complexity index is 1040. The largest absolute Gasteiger partial charge is 0.497 e. The maximum Gasteiger partial charge on any atom is 0.342 e. The van der Waals surface area contributed by atoms with Crippen LogP contribution in [0.25, 0.3) is 6.08 Å². The molecule has 1 unspecified atom stereocenters. The van der Waals surface area contributed by atoms with Crippen LogP contribution in [-0.4, -0.2) is 83.4 Å². The Morgan fingerprint density at radius 1 is 1.12 bits per heavy atom. The fourth-order valence-corrected chi connectivity index (χ4v) is 4.52. The lowest BCUT2D eigenvalue weighted by molar-refractivity contribution is -0.166. The number of aliphatic hydroxyl groups excluding tert-OH is 1. The molecule has 11 heteroatoms. The molecular formula is C29H46O10Si. The Morgan fingerprint density at radius 2 is 1.80 bits per heavy atom. The molecule has 0 spiro atoms. The van der Waals surface area contributed by atoms with Gasteiger partial charge in [-0.25, -0.2) is 4.79 Å². The summed E-state index contributed by atoms with van der Waals surface area (Å²) in [6, 6.07) is 4.04. The molecule has 1 aliphatic rings. The summed E-state index contributed by atoms with van der Waals surface area (Å²) >= 11 is 0. The molecule has 1 fully saturated rings. The molecule has 10 nitrogen and oxygen atoms in total. The second-order valence-corrected chi connectivity index (χ2v) is 18.0. The minimum Gasteiger partial charge on any atom is -0.497 e. The fourth-order valence-electron chi connectivity index (χ4n) is 3.80. The fraction of sp³-hybridized carbons (Fsp3) is 0.655. The van der Waals surface area contributed by atoms with Crippen LogP contribution in [0.15, 0.2) is 18.2 Å². The summed E-state index contributed by atoms with van der Waals surface area (Å²) in [5, 5.41) is 11.1. The Kier molecular flexibility index (Phi) is 11.8. The molecule has 1 saturated heterocycles. The number of hydrogen-bond donors (Lipinski definition) is 1. The Balaban J connectivity index is 2.35. The Morgan fingerprint density at radius 3 is 2.38 bits per heavy atom. The standard InChI is InChI=1S/C29H46O10Si/c1-28(2,3)27(32)36-17-23-25(39-29(4,5)38-23)21(30)12-11-19-15-20(34-7)16-22(37-18-33-6)24(19)26(31)35-13-14-40(8,9)10/h11-12,15-16,21,23,25,30H,13-14,17-18H2,1-10H3/t21?,23-,25+/m1/s1. The van der Waals surface area contributed by atoms with Crippen molar-refractivity contribution < 1.29 is 47.9 Å². The zero-order chi connectivity index (χ0) is 30.3. The van der Waals surface area contributed by atoms with Crippen LogP contribution in [0.4, 0.5) is 0 Å². The quantitative estimate of drug-likeness (QED) is 0.200. The highest BCUT2D eigenvalue weighted by atomic mass is 28.3. The highest BCUT2D eigenvalue weighted by Gasteiger charge is 2.45. The van der Waals surface area contributed by atoms with Crippen LogP contribution in [0.5, 0.6) is 11.5 Å². The molecule has 3 atom stereocenters. The van der Waals surface area contributed by atoms with Gasteiger partial charge in [0.05, 0.1) is 19.1 Å². The lowest BCUT2D eigenvalue weighted by atomic mass is 9.97. The maximum atomic E-state index is 13.2. The lowest BCUT2D eigenvalue weighted by Crippen LogP contribution is -2.38. The highest BCUT2D eigenvalue weighted by molar-refractivity contribution is 6.76. The highest BCUT2D eigenvalue weighted by Crippen LogP contribution is 2.34. The first kappa shape index (κ1) is 33.8. The van der Waals surface area contributed by atoms with E-state index in [0.29, 0.717) is 11.3 Å². The summed E-state index contributed by atoms with van der Waals surface area (Å²) in [6.07, 6.45) is 0.362. The zero-order valence-corrected chi connectivity index (χ0v) is 26.5. The second-order valence-electron chi connectivity index (χ2n) is 12.4. The van der Waals surface area contributed by atoms with Gasteiger partial charge in [0.15, 0.2) is 12.6 Å². The van der Waals surface area contributed by atoms with E-state index >= 15 is 0 Å². The molecule has 1 aromatic rings. The molecule has 1 N–H and O–H groups in total. The first-order valence-corrected chi connectivity index (χ1v) is 17.1. The summed E-state index contributed by atoms with van der Waals surface area (Å²) in [6.45, 7) is 15.4. The number of rotatable bonds is 13. The van der Waals surface area contributed by atoms with Gasteiger partial charge < -0.3 is 38.3 Å². The van der Waals surface area contributed by atoms with Gasteiger partial charge in [0.1, 0.15) is 42.0 Å². The van der Waals surface area contributed by atoms with Gasteiger partial charge in [0.2, 0.25) is 0 Å². The van der Waals surface area contributed by atoms with Crippen molar-refractivity contribution in [2.45, 2.75) is 84.4 Å². The lowest BCUT2D eigenvalue weighted by Gasteiger charge is -2.22. The monoisotopic (exact) mass is 582 g/mol. The smallest absolute Gasteiger partial charge is 0.342 e. The molecule has 0 aliphatic carbocycles. The maximum absolute atomic E-state index is 13.2. The Hall–Kier alpha value is -2.44. The van der Waals surface area contributed by atoms with Crippen molar-refractivity contribution >= 4 is 26.1 Å². The second kappa shape index (κ2) is 14.0. The molecule has 0 amide bonds. The number of hydrogen-bond acceptors (Lipinski definition) is 10. The normalized spacial score (nSPS) is 19.9. The number of benzene rings is 1. The minimum atomic E-state index is -1.43. The average molecular weight is 583 g/mol. The van der Waals surface area contributed by atoms with Crippen LogP contribution in [-0.2, 0) is 28.5 Å². The molecule has 1 heterocycles. The van der Waals surface area contributed by atoms with Crippen LogP contribution in [0.1, 0.15) is 50.5 Å². The van der Waals surface area contributed by atoms with Gasteiger partial charge >= 0.3 is 11.9 Å². The average Bonchev–Trinajstić information content (AvgIpc) is 3.16. The van der Waals surface area contributed by atoms with E-state index in [0.717, 1.165) is 6.04 Å². The van der Waals surface area contributed by atoms with Gasteiger partial charge in [-0.3, -0.25) is 4.79 Å². The number of aliphatic hydroxyl groups is 1. The van der Waals surface area contributed by atoms with Crippen LogP contribution in [0.2, 0.25) is 25.7 Å². The van der Waals surface area contributed by atoms with E-state index in [-0.39, 0.29) is 37.3 Å². The molecule has 0 saturated carbocycles. The van der Waals surface area contributed by atoms with Gasteiger partial charge in [-0.15, -0.1) is 0 Å². The number of esters is 2. The predicted octanol–water partition coefficient (Wildman–Crippen LogP) is 4.66. The number of carbonyl (C=O) groups is 2. The van der Waals surface area contributed by atoms with Crippen molar-refractivity contribution in [1.29, 1.82) is 0 Å². The van der Waals surface area contributed by atoms with E-state index in [4.69, 9.17) is 33.2 Å². The van der Waals surface area contributed by atoms with Crippen molar-refractivity contribution in [2.24, 2.45) is 5.41 Å². The van der Waals surface area contributed by atoms with Crippen molar-refractivity contribution in [2.75, 3.05) is 34.2 Å². The predicted molar refractivity (Wildman–Crippen MR) is 153 cm³/mol. The molecule has 1 aromatic carbocycles. The van der Waals surface area contributed by atoms with E-state index in [1.54, 1.807) is 52.8 Å². The minimum absolute atomic E-state index is 0.0854. The van der Waals surface area contributed by atoms with Crippen molar-refractivity contribution in [1.82, 2.24) is 0 Å². The SMILES string of the molecule is COCOc1cc(OC)cc(C=CC(O)[C@@H]2OC(C)(C)O[C@@H]2COC(=O)C(C)(C)C)c1C(=O)OCC[Si](C)(C)C. The molecule has 226 valence electrons. The van der Waals surface area contributed by atoms with E-state index in [9.17, 15) is 14.7 Å². The topological polar surface area (TPSA) is 119 Å². The summed E-state index contributed by atoms with van der Waals surface area (Å²) < 4.78 is 39.1. The van der Waals surface area contributed by atoms with Gasteiger partial charge in [0, 0.05) is 21.3 Å². The third-order valence-corrected chi connectivity index (χ3v) is 7.69. The Labute approximate surface area is 238 Å². The first-order chi connectivity index (χ1) is 18.5. The van der Waals surface area contributed by atoms with Gasteiger partial charge in [0.25, 0.3) is 0 Å². The summed E-state index contributed by atoms with van der Waals surface area (Å²) in [5.41, 5.74) is -0.0919. The van der Waals surface area contributed by atoms with Crippen LogP contribution >= 0.6 is 0 Å². The van der Waals surface area contributed by atoms with E-state index in [2.05, 4.69) is 19.6 Å². The molecule has 0 radical (unpaired) electrons. The van der Waals surface area contributed by atoms with Crippen LogP contribution < -0.4 is 9.47 Å². The van der Waals surface area contributed by atoms with E-state index in [1.165, 1.54) is 20.3 Å². The van der Waals surface area contributed by atoms with Crippen LogP contribution in [0, 0.1) is 5.41 Å². The molecule has 1 aliphatic heterocycles. The third-order valence-electron chi connectivity index (χ3n) is 5.99. The van der Waals surface area contributed by atoms with Crippen molar-refractivity contribution in [3.05, 3.63) is 29.3 Å². The van der Waals surface area contributed by atoms with E-state index < -0.39 is 43.6 Å². The van der Waals surface area contributed by atoms with Crippen molar-refractivity contribution in [3.8, 4) is 11.5 Å². The summed E-state index contributed by atoms with van der Waals surface area (Å²) in [7, 11) is 1.55.